The van der Waals surface area contributed by atoms with E-state index in [0.717, 1.165) is 73.9 Å². The number of hydrogen-bond donors (Lipinski definition) is 1. The third-order valence-electron chi connectivity index (χ3n) is 6.70. The summed E-state index contributed by atoms with van der Waals surface area (Å²) in [5.41, 5.74) is 4.10. The molecule has 3 aliphatic rings. The van der Waals surface area contributed by atoms with Gasteiger partial charge in [0.25, 0.3) is 0 Å². The highest BCUT2D eigenvalue weighted by Gasteiger charge is 2.32. The summed E-state index contributed by atoms with van der Waals surface area (Å²) >= 11 is 0. The molecule has 0 spiro atoms. The second kappa shape index (κ2) is 8.26. The highest BCUT2D eigenvalue weighted by Crippen LogP contribution is 2.40. The second-order valence-electron chi connectivity index (χ2n) is 8.57. The lowest BCUT2D eigenvalue weighted by Gasteiger charge is -2.39. The van der Waals surface area contributed by atoms with Crippen molar-refractivity contribution in [2.75, 3.05) is 34.9 Å². The van der Waals surface area contributed by atoms with Crippen LogP contribution >= 0.6 is 0 Å². The van der Waals surface area contributed by atoms with Crippen molar-refractivity contribution in [3.8, 4) is 0 Å². The summed E-state index contributed by atoms with van der Waals surface area (Å²) in [5, 5.41) is 3.48. The molecule has 1 saturated heterocycles. The third kappa shape index (κ3) is 3.54. The molecule has 0 unspecified atom stereocenters. The number of ether oxygens (including phenoxy) is 1. The molecule has 1 amide bonds. The number of likely N-dealkylation sites (N-methyl/N-ethyl adjacent to an activating group) is 1. The van der Waals surface area contributed by atoms with Crippen LogP contribution in [-0.4, -0.2) is 36.7 Å². The van der Waals surface area contributed by atoms with E-state index in [0.29, 0.717) is 12.6 Å². The van der Waals surface area contributed by atoms with Crippen LogP contribution in [0, 0.1) is 5.92 Å². The minimum atomic E-state index is 0.121. The molecule has 1 aliphatic carbocycles. The summed E-state index contributed by atoms with van der Waals surface area (Å²) in [6.45, 7) is 5.18. The van der Waals surface area contributed by atoms with Crippen LogP contribution in [0.1, 0.15) is 44.6 Å². The topological polar surface area (TPSA) is 57.7 Å². The van der Waals surface area contributed by atoms with Gasteiger partial charge in [0.05, 0.1) is 37.2 Å². The first-order chi connectivity index (χ1) is 14.7. The van der Waals surface area contributed by atoms with Crippen molar-refractivity contribution in [3.05, 3.63) is 42.1 Å². The molecular weight excluding hydrogens is 376 g/mol. The van der Waals surface area contributed by atoms with Gasteiger partial charge in [-0.1, -0.05) is 25.3 Å². The number of anilines is 4. The first kappa shape index (κ1) is 19.4. The van der Waals surface area contributed by atoms with Crippen molar-refractivity contribution >= 4 is 28.8 Å². The van der Waals surface area contributed by atoms with Gasteiger partial charge in [0.1, 0.15) is 5.82 Å². The van der Waals surface area contributed by atoms with Gasteiger partial charge in [-0.05, 0) is 44.0 Å². The molecular formula is C24H30N4O2. The molecule has 0 atom stereocenters. The molecule has 30 heavy (non-hydrogen) atoms. The van der Waals surface area contributed by atoms with Crippen molar-refractivity contribution in [1.29, 1.82) is 0 Å². The lowest BCUT2D eigenvalue weighted by atomic mass is 9.88. The van der Waals surface area contributed by atoms with Crippen LogP contribution < -0.4 is 15.1 Å². The zero-order valence-corrected chi connectivity index (χ0v) is 17.6. The van der Waals surface area contributed by atoms with Crippen LogP contribution in [-0.2, 0) is 16.1 Å². The fraction of sp³-hybridized carbons (Fsp3) is 0.500. The number of pyridine rings is 1. The maximum absolute atomic E-state index is 13.7. The molecule has 2 aliphatic heterocycles. The molecule has 6 heteroatoms. The van der Waals surface area contributed by atoms with Crippen molar-refractivity contribution in [3.63, 3.8) is 0 Å². The number of aromatic nitrogens is 1. The maximum Gasteiger partial charge on any atom is 0.230 e. The summed E-state index contributed by atoms with van der Waals surface area (Å²) in [7, 11) is 0. The van der Waals surface area contributed by atoms with Gasteiger partial charge < -0.3 is 19.9 Å². The van der Waals surface area contributed by atoms with E-state index in [1.54, 1.807) is 6.20 Å². The summed E-state index contributed by atoms with van der Waals surface area (Å²) in [6, 6.07) is 10.8. The van der Waals surface area contributed by atoms with Crippen molar-refractivity contribution < 1.29 is 9.53 Å². The van der Waals surface area contributed by atoms with Crippen molar-refractivity contribution in [2.45, 2.75) is 51.6 Å². The first-order valence-corrected chi connectivity index (χ1v) is 11.3. The van der Waals surface area contributed by atoms with Gasteiger partial charge in [-0.2, -0.15) is 0 Å². The monoisotopic (exact) mass is 406 g/mol. The summed E-state index contributed by atoms with van der Waals surface area (Å²) in [6.07, 6.45) is 7.34. The minimum absolute atomic E-state index is 0.121. The molecule has 158 valence electrons. The molecule has 3 heterocycles. The molecule has 1 aromatic heterocycles. The third-order valence-corrected chi connectivity index (χ3v) is 6.70. The number of nitrogens with zero attached hydrogens (tertiary/aromatic N) is 3. The quantitative estimate of drug-likeness (QED) is 0.811. The van der Waals surface area contributed by atoms with Crippen LogP contribution in [0.15, 0.2) is 36.5 Å². The average molecular weight is 407 g/mol. The second-order valence-corrected chi connectivity index (χ2v) is 8.57. The van der Waals surface area contributed by atoms with E-state index in [1.807, 2.05) is 11.0 Å². The Labute approximate surface area is 178 Å². The van der Waals surface area contributed by atoms with Crippen LogP contribution in [0.4, 0.5) is 22.9 Å². The molecule has 0 bridgehead atoms. The summed E-state index contributed by atoms with van der Waals surface area (Å²) in [4.78, 5) is 22.6. The van der Waals surface area contributed by atoms with Crippen LogP contribution in [0.5, 0.6) is 0 Å². The average Bonchev–Trinajstić information content (AvgIpc) is 2.92. The highest BCUT2D eigenvalue weighted by atomic mass is 16.5. The zero-order valence-electron chi connectivity index (χ0n) is 17.6. The van der Waals surface area contributed by atoms with E-state index in [1.165, 1.54) is 6.42 Å². The fourth-order valence-corrected chi connectivity index (χ4v) is 4.91. The van der Waals surface area contributed by atoms with Gasteiger partial charge in [0, 0.05) is 29.9 Å². The maximum atomic E-state index is 13.7. The lowest BCUT2D eigenvalue weighted by Crippen LogP contribution is -2.49. The normalized spacial score (nSPS) is 19.2. The van der Waals surface area contributed by atoms with Gasteiger partial charge in [0.15, 0.2) is 0 Å². The van der Waals surface area contributed by atoms with E-state index in [9.17, 15) is 4.79 Å². The smallest absolute Gasteiger partial charge is 0.230 e. The van der Waals surface area contributed by atoms with E-state index >= 15 is 0 Å². The fourth-order valence-electron chi connectivity index (χ4n) is 4.91. The SMILES string of the molecule is CCN(c1ccc2c(c1)N(C(=O)C1CCCCC1)Cc1cccnc1N2)C1COC1. The Kier molecular flexibility index (Phi) is 5.34. The van der Waals surface area contributed by atoms with Gasteiger partial charge >= 0.3 is 0 Å². The van der Waals surface area contributed by atoms with E-state index in [-0.39, 0.29) is 11.8 Å². The number of carbonyl (C=O) groups excluding carboxylic acids is 1. The number of fused-ring (bicyclic) bond motifs is 2. The van der Waals surface area contributed by atoms with Crippen LogP contribution in [0.2, 0.25) is 0 Å². The van der Waals surface area contributed by atoms with Crippen molar-refractivity contribution in [2.24, 2.45) is 5.92 Å². The van der Waals surface area contributed by atoms with Gasteiger partial charge in [-0.15, -0.1) is 0 Å². The molecule has 1 saturated carbocycles. The van der Waals surface area contributed by atoms with Crippen LogP contribution in [0.3, 0.4) is 0 Å². The highest BCUT2D eigenvalue weighted by molar-refractivity contribution is 6.00. The largest absolute Gasteiger partial charge is 0.377 e. The lowest BCUT2D eigenvalue weighted by molar-refractivity contribution is -0.123. The Hall–Kier alpha value is -2.60. The Morgan fingerprint density at radius 1 is 1.23 bits per heavy atom. The van der Waals surface area contributed by atoms with Gasteiger partial charge in [0.2, 0.25) is 5.91 Å². The van der Waals surface area contributed by atoms with Gasteiger partial charge in [-0.25, -0.2) is 4.98 Å². The zero-order chi connectivity index (χ0) is 20.5. The van der Waals surface area contributed by atoms with E-state index in [4.69, 9.17) is 4.74 Å². The van der Waals surface area contributed by atoms with E-state index in [2.05, 4.69) is 46.4 Å². The molecule has 1 N–H and O–H groups in total. The standard InChI is InChI=1S/C24H30N4O2/c1-2-27(20-15-30-16-20)19-10-11-21-22(13-19)28(24(29)17-7-4-3-5-8-17)14-18-9-6-12-25-23(18)26-21/h6,9-13,17,20H,2-5,7-8,14-16H2,1H3,(H,25,26). The summed E-state index contributed by atoms with van der Waals surface area (Å²) in [5.74, 6) is 1.21. The number of benzene rings is 1. The predicted molar refractivity (Wildman–Crippen MR) is 119 cm³/mol. The van der Waals surface area contributed by atoms with Crippen molar-refractivity contribution in [1.82, 2.24) is 4.98 Å². The molecule has 0 radical (unpaired) electrons. The number of rotatable bonds is 4. The Morgan fingerprint density at radius 2 is 2.07 bits per heavy atom. The minimum Gasteiger partial charge on any atom is -0.377 e. The van der Waals surface area contributed by atoms with E-state index < -0.39 is 0 Å². The first-order valence-electron chi connectivity index (χ1n) is 11.3. The molecule has 2 aromatic rings. The summed E-state index contributed by atoms with van der Waals surface area (Å²) < 4.78 is 5.43. The molecule has 6 nitrogen and oxygen atoms in total. The number of carbonyl (C=O) groups is 1. The Bertz CT molecular complexity index is 921. The number of amides is 1. The predicted octanol–water partition coefficient (Wildman–Crippen LogP) is 4.48. The van der Waals surface area contributed by atoms with Gasteiger partial charge in [-0.3, -0.25) is 4.79 Å². The Morgan fingerprint density at radius 3 is 2.80 bits per heavy atom. The van der Waals surface area contributed by atoms with Crippen LogP contribution in [0.25, 0.3) is 0 Å². The Balaban J connectivity index is 1.55. The molecule has 5 rings (SSSR count). The molecule has 1 aromatic carbocycles. The number of hydrogen-bond acceptors (Lipinski definition) is 5. The molecule has 2 fully saturated rings. The number of nitrogens with one attached hydrogen (secondary N) is 1.